The van der Waals surface area contributed by atoms with Gasteiger partial charge in [-0.15, -0.1) is 0 Å². The highest BCUT2D eigenvalue weighted by Crippen LogP contribution is 2.20. The second-order valence-corrected chi connectivity index (χ2v) is 2.98. The van der Waals surface area contributed by atoms with Gasteiger partial charge in [-0.25, -0.2) is 10.8 Å². The van der Waals surface area contributed by atoms with Crippen molar-refractivity contribution in [2.75, 3.05) is 5.43 Å². The Morgan fingerprint density at radius 2 is 2.08 bits per heavy atom. The van der Waals surface area contributed by atoms with Crippen LogP contribution in [0.15, 0.2) is 30.3 Å². The van der Waals surface area contributed by atoms with Crippen LogP contribution in [-0.2, 0) is 0 Å². The van der Waals surface area contributed by atoms with Gasteiger partial charge in [-0.3, -0.25) is 0 Å². The molecule has 0 fully saturated rings. The van der Waals surface area contributed by atoms with E-state index in [0.29, 0.717) is 0 Å². The summed E-state index contributed by atoms with van der Waals surface area (Å²) < 4.78 is 0. The topological polar surface area (TPSA) is 50.9 Å². The number of aryl methyl sites for hydroxylation is 1. The van der Waals surface area contributed by atoms with Crippen LogP contribution in [0.25, 0.3) is 10.8 Å². The number of nitrogens with two attached hydrogens (primary N) is 1. The van der Waals surface area contributed by atoms with Gasteiger partial charge in [-0.1, -0.05) is 24.3 Å². The molecular formula is C10H11N3. The van der Waals surface area contributed by atoms with Crippen LogP contribution in [0.5, 0.6) is 0 Å². The number of nitrogens with zero attached hydrogens (tertiary/aromatic N) is 1. The Balaban J connectivity index is 2.81. The summed E-state index contributed by atoms with van der Waals surface area (Å²) in [6, 6.07) is 10.1. The second-order valence-electron chi connectivity index (χ2n) is 2.98. The number of benzene rings is 1. The van der Waals surface area contributed by atoms with Crippen LogP contribution in [0.1, 0.15) is 5.69 Å². The number of aromatic nitrogens is 1. The molecule has 0 amide bonds. The molecule has 0 unspecified atom stereocenters. The number of nitrogen functional groups attached to an aromatic ring is 1. The molecule has 0 saturated heterocycles. The molecule has 0 saturated carbocycles. The van der Waals surface area contributed by atoms with Gasteiger partial charge in [0.15, 0.2) is 0 Å². The molecule has 0 bridgehead atoms. The van der Waals surface area contributed by atoms with E-state index in [4.69, 9.17) is 5.84 Å². The van der Waals surface area contributed by atoms with Crippen LogP contribution in [-0.4, -0.2) is 4.98 Å². The third-order valence-corrected chi connectivity index (χ3v) is 2.01. The molecule has 3 N–H and O–H groups in total. The first kappa shape index (κ1) is 8.01. The van der Waals surface area contributed by atoms with Crippen molar-refractivity contribution in [3.8, 4) is 0 Å². The van der Waals surface area contributed by atoms with Crippen LogP contribution in [0, 0.1) is 6.92 Å². The maximum atomic E-state index is 5.37. The highest BCUT2D eigenvalue weighted by molar-refractivity contribution is 5.91. The van der Waals surface area contributed by atoms with E-state index in [0.717, 1.165) is 22.3 Å². The Hall–Kier alpha value is -1.61. The van der Waals surface area contributed by atoms with Crippen molar-refractivity contribution < 1.29 is 0 Å². The van der Waals surface area contributed by atoms with E-state index in [1.807, 2.05) is 37.3 Å². The van der Waals surface area contributed by atoms with Crippen LogP contribution in [0.3, 0.4) is 0 Å². The summed E-state index contributed by atoms with van der Waals surface area (Å²) in [5.74, 6) is 6.10. The Morgan fingerprint density at radius 3 is 2.85 bits per heavy atom. The van der Waals surface area contributed by atoms with Gasteiger partial charge in [0, 0.05) is 11.1 Å². The van der Waals surface area contributed by atoms with E-state index in [-0.39, 0.29) is 0 Å². The standard InChI is InChI=1S/C10H11N3/c1-7-6-8-4-2-3-5-9(8)10(12-7)13-11/h2-6H,11H2,1H3,(H,12,13). The molecule has 3 nitrogen and oxygen atoms in total. The maximum Gasteiger partial charge on any atom is 0.148 e. The van der Waals surface area contributed by atoms with Crippen LogP contribution >= 0.6 is 0 Å². The number of hydrogen-bond acceptors (Lipinski definition) is 3. The van der Waals surface area contributed by atoms with Crippen molar-refractivity contribution in [3.05, 3.63) is 36.0 Å². The highest BCUT2D eigenvalue weighted by atomic mass is 15.2. The van der Waals surface area contributed by atoms with Gasteiger partial charge in [0.05, 0.1) is 0 Å². The summed E-state index contributed by atoms with van der Waals surface area (Å²) >= 11 is 0. The van der Waals surface area contributed by atoms with Crippen molar-refractivity contribution in [1.82, 2.24) is 4.98 Å². The van der Waals surface area contributed by atoms with Crippen molar-refractivity contribution >= 4 is 16.6 Å². The first-order chi connectivity index (χ1) is 6.31. The normalized spacial score (nSPS) is 10.3. The van der Waals surface area contributed by atoms with Gasteiger partial charge in [-0.05, 0) is 18.4 Å². The average Bonchev–Trinajstić information content (AvgIpc) is 2.16. The number of pyridine rings is 1. The quantitative estimate of drug-likeness (QED) is 0.511. The van der Waals surface area contributed by atoms with Crippen LogP contribution in [0.2, 0.25) is 0 Å². The summed E-state index contributed by atoms with van der Waals surface area (Å²) in [4.78, 5) is 4.28. The largest absolute Gasteiger partial charge is 0.308 e. The van der Waals surface area contributed by atoms with Crippen molar-refractivity contribution in [2.24, 2.45) is 5.84 Å². The molecule has 1 heterocycles. The van der Waals surface area contributed by atoms with Crippen molar-refractivity contribution in [1.29, 1.82) is 0 Å². The Morgan fingerprint density at radius 1 is 1.31 bits per heavy atom. The van der Waals surface area contributed by atoms with E-state index in [1.165, 1.54) is 0 Å². The fourth-order valence-corrected chi connectivity index (χ4v) is 1.44. The van der Waals surface area contributed by atoms with Gasteiger partial charge >= 0.3 is 0 Å². The monoisotopic (exact) mass is 173 g/mol. The first-order valence-electron chi connectivity index (χ1n) is 4.14. The Labute approximate surface area is 76.6 Å². The minimum Gasteiger partial charge on any atom is -0.308 e. The summed E-state index contributed by atoms with van der Waals surface area (Å²) in [6.07, 6.45) is 0. The molecule has 2 rings (SSSR count). The zero-order chi connectivity index (χ0) is 9.26. The molecule has 0 aliphatic rings. The van der Waals surface area contributed by atoms with Gasteiger partial charge < -0.3 is 5.43 Å². The molecule has 0 radical (unpaired) electrons. The van der Waals surface area contributed by atoms with Crippen molar-refractivity contribution in [3.63, 3.8) is 0 Å². The fourth-order valence-electron chi connectivity index (χ4n) is 1.44. The molecule has 0 aliphatic carbocycles. The lowest BCUT2D eigenvalue weighted by atomic mass is 10.1. The number of anilines is 1. The van der Waals surface area contributed by atoms with E-state index in [1.54, 1.807) is 0 Å². The van der Waals surface area contributed by atoms with E-state index >= 15 is 0 Å². The van der Waals surface area contributed by atoms with E-state index in [9.17, 15) is 0 Å². The molecule has 2 aromatic rings. The number of hydrogen-bond donors (Lipinski definition) is 2. The maximum absolute atomic E-state index is 5.37. The third kappa shape index (κ3) is 1.34. The summed E-state index contributed by atoms with van der Waals surface area (Å²) in [5, 5.41) is 2.21. The number of rotatable bonds is 1. The summed E-state index contributed by atoms with van der Waals surface area (Å²) in [5.41, 5.74) is 3.56. The lowest BCUT2D eigenvalue weighted by Crippen LogP contribution is -2.09. The number of hydrazine groups is 1. The van der Waals surface area contributed by atoms with Gasteiger partial charge in [-0.2, -0.15) is 0 Å². The highest BCUT2D eigenvalue weighted by Gasteiger charge is 2.00. The zero-order valence-electron chi connectivity index (χ0n) is 7.41. The van der Waals surface area contributed by atoms with E-state index in [2.05, 4.69) is 10.4 Å². The molecule has 1 aromatic heterocycles. The smallest absolute Gasteiger partial charge is 0.148 e. The lowest BCUT2D eigenvalue weighted by Gasteiger charge is -2.05. The molecule has 0 aliphatic heterocycles. The fraction of sp³-hybridized carbons (Fsp3) is 0.100. The molecule has 0 spiro atoms. The van der Waals surface area contributed by atoms with E-state index < -0.39 is 0 Å². The summed E-state index contributed by atoms with van der Waals surface area (Å²) in [7, 11) is 0. The van der Waals surface area contributed by atoms with Crippen LogP contribution < -0.4 is 11.3 Å². The molecule has 3 heteroatoms. The van der Waals surface area contributed by atoms with Gasteiger partial charge in [0.2, 0.25) is 0 Å². The molecule has 66 valence electrons. The number of fused-ring (bicyclic) bond motifs is 1. The second kappa shape index (κ2) is 3.03. The van der Waals surface area contributed by atoms with Crippen LogP contribution in [0.4, 0.5) is 5.82 Å². The Kier molecular flexibility index (Phi) is 1.87. The van der Waals surface area contributed by atoms with Gasteiger partial charge in [0.1, 0.15) is 5.82 Å². The van der Waals surface area contributed by atoms with Crippen molar-refractivity contribution in [2.45, 2.75) is 6.92 Å². The Bertz CT molecular complexity index is 437. The molecule has 1 aromatic carbocycles. The predicted octanol–water partition coefficient (Wildman–Crippen LogP) is 1.83. The first-order valence-corrected chi connectivity index (χ1v) is 4.14. The minimum absolute atomic E-state index is 0.732. The lowest BCUT2D eigenvalue weighted by molar-refractivity contribution is 1.18. The molecular weight excluding hydrogens is 162 g/mol. The third-order valence-electron chi connectivity index (χ3n) is 2.01. The number of nitrogens with one attached hydrogen (secondary N) is 1. The minimum atomic E-state index is 0.732. The predicted molar refractivity (Wildman–Crippen MR) is 54.3 cm³/mol. The molecule has 13 heavy (non-hydrogen) atoms. The molecule has 0 atom stereocenters. The zero-order valence-corrected chi connectivity index (χ0v) is 7.41. The summed E-state index contributed by atoms with van der Waals surface area (Å²) in [6.45, 7) is 1.95. The van der Waals surface area contributed by atoms with Gasteiger partial charge in [0.25, 0.3) is 0 Å². The SMILES string of the molecule is Cc1cc2ccccc2c(NN)n1. The average molecular weight is 173 g/mol.